The standard InChI is InChI=1S/C23H27ClF5N3O4/c1-10(2)36-21(34)17-16(14-12(26)6-5-11(24)18(14)23(27,28)29)15(20(33)35-4)13(9-25)32-19(17)22(3,31)7-8-30/h5-6,10,16,32H,7-9,30-31H2,1-4H3. The van der Waals surface area contributed by atoms with Gasteiger partial charge in [-0.1, -0.05) is 11.6 Å². The second-order valence-electron chi connectivity index (χ2n) is 8.59. The van der Waals surface area contributed by atoms with Gasteiger partial charge in [0.25, 0.3) is 0 Å². The Bertz CT molecular complexity index is 1100. The minimum Gasteiger partial charge on any atom is -0.466 e. The fourth-order valence-corrected chi connectivity index (χ4v) is 4.28. The van der Waals surface area contributed by atoms with Crippen LogP contribution in [0.3, 0.4) is 0 Å². The number of dihydropyridines is 1. The van der Waals surface area contributed by atoms with Gasteiger partial charge in [0.2, 0.25) is 0 Å². The van der Waals surface area contributed by atoms with Crippen molar-refractivity contribution in [1.82, 2.24) is 5.32 Å². The number of nitrogens with two attached hydrogens (primary N) is 2. The molecule has 0 spiro atoms. The molecule has 0 amide bonds. The normalized spacial score (nSPS) is 18.2. The molecule has 7 nitrogen and oxygen atoms in total. The van der Waals surface area contributed by atoms with Crippen LogP contribution in [-0.4, -0.2) is 43.9 Å². The third-order valence-corrected chi connectivity index (χ3v) is 5.81. The Balaban J connectivity index is 3.16. The van der Waals surface area contributed by atoms with E-state index >= 15 is 4.39 Å². The zero-order valence-corrected chi connectivity index (χ0v) is 20.7. The Hall–Kier alpha value is -2.70. The largest absolute Gasteiger partial charge is 0.466 e. The number of alkyl halides is 4. The van der Waals surface area contributed by atoms with E-state index in [-0.39, 0.29) is 18.7 Å². The van der Waals surface area contributed by atoms with Gasteiger partial charge in [0, 0.05) is 11.3 Å². The first-order chi connectivity index (χ1) is 16.6. The number of benzene rings is 1. The van der Waals surface area contributed by atoms with Crippen LogP contribution >= 0.6 is 11.6 Å². The number of carbonyl (C=O) groups is 2. The third kappa shape index (κ3) is 5.81. The Morgan fingerprint density at radius 2 is 1.81 bits per heavy atom. The second kappa shape index (κ2) is 11.1. The molecular formula is C23H27ClF5N3O4. The SMILES string of the molecule is COC(=O)C1=C(CF)NC(C(C)(N)CCN)=C(C(=O)OC(C)C)C1c1c(F)ccc(Cl)c1C(F)(F)F. The van der Waals surface area contributed by atoms with E-state index in [0.717, 1.165) is 7.11 Å². The van der Waals surface area contributed by atoms with Crippen LogP contribution in [0.15, 0.2) is 34.7 Å². The van der Waals surface area contributed by atoms with Gasteiger partial charge in [-0.2, -0.15) is 13.2 Å². The first-order valence-corrected chi connectivity index (χ1v) is 11.1. The molecule has 5 N–H and O–H groups in total. The highest BCUT2D eigenvalue weighted by Gasteiger charge is 2.49. The molecule has 0 saturated heterocycles. The summed E-state index contributed by atoms with van der Waals surface area (Å²) in [5, 5.41) is 1.65. The van der Waals surface area contributed by atoms with Gasteiger partial charge in [0.15, 0.2) is 0 Å². The molecule has 200 valence electrons. The molecule has 0 bridgehead atoms. The average molecular weight is 540 g/mol. The van der Waals surface area contributed by atoms with E-state index in [2.05, 4.69) is 10.1 Å². The van der Waals surface area contributed by atoms with Crippen molar-refractivity contribution in [3.05, 3.63) is 56.6 Å². The first kappa shape index (κ1) is 29.5. The van der Waals surface area contributed by atoms with E-state index in [1.807, 2.05) is 0 Å². The number of carbonyl (C=O) groups excluding carboxylic acids is 2. The summed E-state index contributed by atoms with van der Waals surface area (Å²) < 4.78 is 82.0. The number of halogens is 6. The molecule has 2 unspecified atom stereocenters. The quantitative estimate of drug-likeness (QED) is 0.339. The van der Waals surface area contributed by atoms with Crippen LogP contribution in [0.1, 0.15) is 44.2 Å². The van der Waals surface area contributed by atoms with Crippen LogP contribution < -0.4 is 16.8 Å². The van der Waals surface area contributed by atoms with Crippen LogP contribution in [-0.2, 0) is 25.2 Å². The smallest absolute Gasteiger partial charge is 0.418 e. The van der Waals surface area contributed by atoms with E-state index in [0.29, 0.717) is 12.1 Å². The van der Waals surface area contributed by atoms with E-state index in [1.54, 1.807) is 0 Å². The molecular weight excluding hydrogens is 513 g/mol. The van der Waals surface area contributed by atoms with Crippen molar-refractivity contribution in [2.24, 2.45) is 11.5 Å². The summed E-state index contributed by atoms with van der Waals surface area (Å²) in [5.41, 5.74) is 5.34. The van der Waals surface area contributed by atoms with Crippen molar-refractivity contribution >= 4 is 23.5 Å². The van der Waals surface area contributed by atoms with Crippen molar-refractivity contribution in [2.45, 2.75) is 50.9 Å². The number of hydrogen-bond acceptors (Lipinski definition) is 7. The number of allylic oxidation sites excluding steroid dienone is 1. The summed E-state index contributed by atoms with van der Waals surface area (Å²) >= 11 is 5.84. The maximum atomic E-state index is 15.3. The van der Waals surface area contributed by atoms with Crippen molar-refractivity contribution in [3.8, 4) is 0 Å². The Labute approximate surface area is 209 Å². The fourth-order valence-electron chi connectivity index (χ4n) is 4.00. The zero-order chi connectivity index (χ0) is 27.6. The van der Waals surface area contributed by atoms with Gasteiger partial charge < -0.3 is 26.3 Å². The molecule has 36 heavy (non-hydrogen) atoms. The topological polar surface area (TPSA) is 117 Å². The summed E-state index contributed by atoms with van der Waals surface area (Å²) in [4.78, 5) is 26.2. The minimum absolute atomic E-state index is 0.0300. The van der Waals surface area contributed by atoms with Crippen LogP contribution in [0.2, 0.25) is 5.02 Å². The molecule has 1 aromatic carbocycles. The number of methoxy groups -OCH3 is 1. The molecule has 2 rings (SSSR count). The minimum atomic E-state index is -5.23. The van der Waals surface area contributed by atoms with Gasteiger partial charge in [0.1, 0.15) is 12.5 Å². The van der Waals surface area contributed by atoms with E-state index in [9.17, 15) is 27.2 Å². The van der Waals surface area contributed by atoms with Crippen molar-refractivity contribution in [3.63, 3.8) is 0 Å². The molecule has 1 heterocycles. The summed E-state index contributed by atoms with van der Waals surface area (Å²) in [5.74, 6) is -6.11. The van der Waals surface area contributed by atoms with E-state index in [1.165, 1.54) is 20.8 Å². The number of rotatable bonds is 8. The van der Waals surface area contributed by atoms with Gasteiger partial charge in [-0.3, -0.25) is 0 Å². The number of esters is 2. The molecule has 0 aliphatic carbocycles. The lowest BCUT2D eigenvalue weighted by atomic mass is 9.74. The molecule has 1 aromatic rings. The van der Waals surface area contributed by atoms with Gasteiger partial charge in [-0.05, 0) is 45.9 Å². The molecule has 0 fully saturated rings. The number of ether oxygens (including phenoxy) is 2. The molecule has 0 radical (unpaired) electrons. The lowest BCUT2D eigenvalue weighted by molar-refractivity contribution is -0.144. The lowest BCUT2D eigenvalue weighted by Gasteiger charge is -2.38. The zero-order valence-electron chi connectivity index (χ0n) is 20.0. The van der Waals surface area contributed by atoms with Crippen LogP contribution in [0.25, 0.3) is 0 Å². The summed E-state index contributed by atoms with van der Waals surface area (Å²) in [6, 6.07) is 1.33. The molecule has 13 heteroatoms. The van der Waals surface area contributed by atoms with Gasteiger partial charge in [-0.15, -0.1) is 0 Å². The molecule has 0 saturated carbocycles. The number of hydrogen-bond donors (Lipinski definition) is 3. The number of nitrogens with one attached hydrogen (secondary N) is 1. The van der Waals surface area contributed by atoms with Crippen LogP contribution in [0.5, 0.6) is 0 Å². The van der Waals surface area contributed by atoms with Gasteiger partial charge in [0.05, 0.1) is 52.1 Å². The fraction of sp³-hybridized carbons (Fsp3) is 0.478. The maximum Gasteiger partial charge on any atom is 0.418 e. The second-order valence-corrected chi connectivity index (χ2v) is 9.00. The summed E-state index contributed by atoms with van der Waals surface area (Å²) in [6.45, 7) is 2.87. The third-order valence-electron chi connectivity index (χ3n) is 5.50. The predicted octanol–water partition coefficient (Wildman–Crippen LogP) is 3.85. The van der Waals surface area contributed by atoms with Gasteiger partial charge >= 0.3 is 18.1 Å². The first-order valence-electron chi connectivity index (χ1n) is 10.8. The summed E-state index contributed by atoms with van der Waals surface area (Å²) in [6.07, 6.45) is -6.03. The highest BCUT2D eigenvalue weighted by molar-refractivity contribution is 6.31. The van der Waals surface area contributed by atoms with Crippen molar-refractivity contribution < 1.29 is 41.0 Å². The Kier molecular flexibility index (Phi) is 9.14. The maximum absolute atomic E-state index is 15.3. The van der Waals surface area contributed by atoms with Crippen LogP contribution in [0, 0.1) is 5.82 Å². The molecule has 2 atom stereocenters. The highest BCUT2D eigenvalue weighted by Crippen LogP contribution is 2.49. The molecule has 0 aromatic heterocycles. The Morgan fingerprint density at radius 3 is 2.28 bits per heavy atom. The Morgan fingerprint density at radius 1 is 1.19 bits per heavy atom. The summed E-state index contributed by atoms with van der Waals surface area (Å²) in [7, 11) is 0.897. The van der Waals surface area contributed by atoms with Crippen molar-refractivity contribution in [2.75, 3.05) is 20.3 Å². The van der Waals surface area contributed by atoms with Gasteiger partial charge in [-0.25, -0.2) is 18.4 Å². The van der Waals surface area contributed by atoms with Crippen LogP contribution in [0.4, 0.5) is 22.0 Å². The van der Waals surface area contributed by atoms with Crippen molar-refractivity contribution in [1.29, 1.82) is 0 Å². The lowest BCUT2D eigenvalue weighted by Crippen LogP contribution is -2.50. The average Bonchev–Trinajstić information content (AvgIpc) is 2.77. The van der Waals surface area contributed by atoms with E-state index in [4.69, 9.17) is 27.8 Å². The molecule has 1 aliphatic heterocycles. The highest BCUT2D eigenvalue weighted by atomic mass is 35.5. The monoisotopic (exact) mass is 539 g/mol. The molecule has 1 aliphatic rings. The van der Waals surface area contributed by atoms with E-state index < -0.39 is 81.2 Å². The predicted molar refractivity (Wildman–Crippen MR) is 122 cm³/mol.